The van der Waals surface area contributed by atoms with Crippen molar-refractivity contribution in [2.24, 2.45) is 0 Å². The van der Waals surface area contributed by atoms with Crippen LogP contribution in [-0.4, -0.2) is 47.4 Å². The maximum absolute atomic E-state index is 12.4. The van der Waals surface area contributed by atoms with Crippen LogP contribution in [0.4, 0.5) is 0 Å². The van der Waals surface area contributed by atoms with Crippen molar-refractivity contribution in [2.45, 2.75) is 264 Å². The lowest BCUT2D eigenvalue weighted by Crippen LogP contribution is -2.45. The fourth-order valence-electron chi connectivity index (χ4n) is 7.37. The predicted octanol–water partition coefficient (Wildman–Crippen LogP) is 15.1. The van der Waals surface area contributed by atoms with E-state index in [1.807, 2.05) is 6.08 Å². The number of carbonyl (C=O) groups is 2. The molecule has 0 saturated carbocycles. The number of unbranched alkanes of at least 4 members (excludes halogenated alkanes) is 29. The summed E-state index contributed by atoms with van der Waals surface area (Å²) in [5.41, 5.74) is 0. The molecule has 0 spiro atoms. The smallest absolute Gasteiger partial charge is 0.305 e. The van der Waals surface area contributed by atoms with Crippen molar-refractivity contribution in [3.8, 4) is 0 Å². The highest BCUT2D eigenvalue weighted by atomic mass is 16.5. The lowest BCUT2D eigenvalue weighted by molar-refractivity contribution is -0.143. The Balaban J connectivity index is 3.50. The molecule has 0 aliphatic heterocycles. The highest BCUT2D eigenvalue weighted by Gasteiger charge is 2.18. The summed E-state index contributed by atoms with van der Waals surface area (Å²) in [5.74, 6) is -0.102. The second kappa shape index (κ2) is 48.5. The maximum Gasteiger partial charge on any atom is 0.305 e. The second-order valence-corrected chi connectivity index (χ2v) is 17.1. The standard InChI is InChI=1S/C53H97NO5/c1-3-5-7-9-11-13-15-22-27-31-35-39-43-47-53(58)59-48-44-40-36-32-28-24-21-19-17-18-20-23-26-30-34-38-42-46-52(57)54-50(49-55)51(56)45-41-37-33-29-25-16-14-12-10-8-6-4-2/h7,9,13,15,17,19,41,45,50-51,55-56H,3-6,8,10-12,14,16,18,20-40,42-44,46-49H2,1-2H3,(H,54,57)/b9-7-,15-13-,19-17-,45-41+. The third-order valence-corrected chi connectivity index (χ3v) is 11.3. The Hall–Kier alpha value is -2.18. The molecular weight excluding hydrogens is 731 g/mol. The van der Waals surface area contributed by atoms with Gasteiger partial charge in [0.05, 0.1) is 25.4 Å². The van der Waals surface area contributed by atoms with Gasteiger partial charge in [0.1, 0.15) is 0 Å². The van der Waals surface area contributed by atoms with Crippen LogP contribution in [-0.2, 0) is 14.3 Å². The quantitative estimate of drug-likeness (QED) is 0.0323. The average molecular weight is 828 g/mol. The highest BCUT2D eigenvalue weighted by Crippen LogP contribution is 2.14. The minimum atomic E-state index is -0.852. The zero-order valence-corrected chi connectivity index (χ0v) is 39.0. The van der Waals surface area contributed by atoms with E-state index >= 15 is 0 Å². The van der Waals surface area contributed by atoms with E-state index in [4.69, 9.17) is 4.74 Å². The minimum Gasteiger partial charge on any atom is -0.466 e. The molecule has 0 radical (unpaired) electrons. The normalized spacial score (nSPS) is 13.1. The van der Waals surface area contributed by atoms with E-state index in [0.29, 0.717) is 19.4 Å². The molecule has 0 aromatic rings. The first-order valence-corrected chi connectivity index (χ1v) is 25.4. The SMILES string of the molecule is CCC/C=C\C/C=C\CCCCCCCC(=O)OCCCCCCCC/C=C\CCCCCCCCCC(=O)NC(CO)C(O)/C=C/CCCCCCCCCCCC. The first-order valence-electron chi connectivity index (χ1n) is 25.4. The van der Waals surface area contributed by atoms with E-state index in [1.54, 1.807) is 6.08 Å². The molecule has 3 N–H and O–H groups in total. The monoisotopic (exact) mass is 828 g/mol. The number of rotatable bonds is 46. The number of hydrogen-bond donors (Lipinski definition) is 3. The third kappa shape index (κ3) is 45.2. The van der Waals surface area contributed by atoms with Crippen molar-refractivity contribution < 1.29 is 24.5 Å². The number of hydrogen-bond acceptors (Lipinski definition) is 5. The van der Waals surface area contributed by atoms with E-state index in [-0.39, 0.29) is 18.5 Å². The number of esters is 1. The summed E-state index contributed by atoms with van der Waals surface area (Å²) >= 11 is 0. The molecule has 1 amide bonds. The van der Waals surface area contributed by atoms with Crippen LogP contribution < -0.4 is 5.32 Å². The first-order chi connectivity index (χ1) is 29.0. The molecule has 0 aliphatic rings. The number of ether oxygens (including phenoxy) is 1. The fraction of sp³-hybridized carbons (Fsp3) is 0.811. The van der Waals surface area contributed by atoms with E-state index in [1.165, 1.54) is 154 Å². The van der Waals surface area contributed by atoms with Gasteiger partial charge in [-0.15, -0.1) is 0 Å². The Morgan fingerprint density at radius 3 is 1.37 bits per heavy atom. The molecule has 344 valence electrons. The lowest BCUT2D eigenvalue weighted by Gasteiger charge is -2.20. The van der Waals surface area contributed by atoms with Crippen molar-refractivity contribution in [1.29, 1.82) is 0 Å². The summed E-state index contributed by atoms with van der Waals surface area (Å²) in [6, 6.07) is -0.637. The zero-order valence-electron chi connectivity index (χ0n) is 39.0. The molecule has 0 aromatic carbocycles. The Morgan fingerprint density at radius 2 is 0.881 bits per heavy atom. The predicted molar refractivity (Wildman–Crippen MR) is 255 cm³/mol. The van der Waals surface area contributed by atoms with Crippen molar-refractivity contribution in [3.63, 3.8) is 0 Å². The number of carbonyl (C=O) groups excluding carboxylic acids is 2. The van der Waals surface area contributed by atoms with Crippen molar-refractivity contribution in [1.82, 2.24) is 5.32 Å². The second-order valence-electron chi connectivity index (χ2n) is 17.1. The molecule has 2 atom stereocenters. The molecule has 0 aliphatic carbocycles. The summed E-state index contributed by atoms with van der Waals surface area (Å²) in [7, 11) is 0. The van der Waals surface area contributed by atoms with Gasteiger partial charge >= 0.3 is 5.97 Å². The van der Waals surface area contributed by atoms with Gasteiger partial charge in [-0.2, -0.15) is 0 Å². The number of nitrogens with one attached hydrogen (secondary N) is 1. The minimum absolute atomic E-state index is 0.0192. The van der Waals surface area contributed by atoms with Crippen LogP contribution in [0, 0.1) is 0 Å². The van der Waals surface area contributed by atoms with Gasteiger partial charge in [-0.1, -0.05) is 204 Å². The largest absolute Gasteiger partial charge is 0.466 e. The third-order valence-electron chi connectivity index (χ3n) is 11.3. The summed E-state index contributed by atoms with van der Waals surface area (Å²) in [4.78, 5) is 24.4. The molecule has 6 heteroatoms. The summed E-state index contributed by atoms with van der Waals surface area (Å²) < 4.78 is 5.44. The summed E-state index contributed by atoms with van der Waals surface area (Å²) in [6.45, 7) is 4.79. The van der Waals surface area contributed by atoms with Crippen LogP contribution in [0.15, 0.2) is 48.6 Å². The van der Waals surface area contributed by atoms with Crippen LogP contribution >= 0.6 is 0 Å². The van der Waals surface area contributed by atoms with Gasteiger partial charge in [-0.05, 0) is 83.5 Å². The lowest BCUT2D eigenvalue weighted by atomic mass is 10.1. The first kappa shape index (κ1) is 56.8. The fourth-order valence-corrected chi connectivity index (χ4v) is 7.37. The number of allylic oxidation sites excluding steroid dienone is 7. The van der Waals surface area contributed by atoms with Gasteiger partial charge < -0.3 is 20.3 Å². The van der Waals surface area contributed by atoms with Gasteiger partial charge in [0.25, 0.3) is 0 Å². The van der Waals surface area contributed by atoms with Gasteiger partial charge in [0.15, 0.2) is 0 Å². The molecule has 0 rings (SSSR count). The molecule has 6 nitrogen and oxygen atoms in total. The number of aliphatic hydroxyl groups is 2. The Kier molecular flexibility index (Phi) is 46.7. The maximum atomic E-state index is 12.4. The topological polar surface area (TPSA) is 95.9 Å². The van der Waals surface area contributed by atoms with Crippen molar-refractivity contribution >= 4 is 11.9 Å². The van der Waals surface area contributed by atoms with Gasteiger partial charge in [0.2, 0.25) is 5.91 Å². The molecule has 0 bridgehead atoms. The molecule has 59 heavy (non-hydrogen) atoms. The van der Waals surface area contributed by atoms with Crippen LogP contribution in [0.5, 0.6) is 0 Å². The molecule has 2 unspecified atom stereocenters. The van der Waals surface area contributed by atoms with Crippen LogP contribution in [0.1, 0.15) is 251 Å². The van der Waals surface area contributed by atoms with Gasteiger partial charge in [-0.25, -0.2) is 0 Å². The summed E-state index contributed by atoms with van der Waals surface area (Å²) in [6.07, 6.45) is 59.6. The zero-order chi connectivity index (χ0) is 43.0. The average Bonchev–Trinajstić information content (AvgIpc) is 3.24. The molecule has 0 saturated heterocycles. The van der Waals surface area contributed by atoms with E-state index in [9.17, 15) is 19.8 Å². The Morgan fingerprint density at radius 1 is 0.475 bits per heavy atom. The van der Waals surface area contributed by atoms with Gasteiger partial charge in [-0.3, -0.25) is 9.59 Å². The molecule has 0 aromatic heterocycles. The highest BCUT2D eigenvalue weighted by molar-refractivity contribution is 5.76. The number of aliphatic hydroxyl groups excluding tert-OH is 2. The Bertz CT molecular complexity index is 1000. The van der Waals surface area contributed by atoms with Crippen LogP contribution in [0.2, 0.25) is 0 Å². The molecule has 0 heterocycles. The molecule has 0 fully saturated rings. The molecular formula is C53H97NO5. The van der Waals surface area contributed by atoms with Gasteiger partial charge in [0, 0.05) is 12.8 Å². The summed E-state index contributed by atoms with van der Waals surface area (Å²) in [5, 5.41) is 23.0. The van der Waals surface area contributed by atoms with E-state index < -0.39 is 12.1 Å². The number of amides is 1. The van der Waals surface area contributed by atoms with E-state index in [2.05, 4.69) is 55.6 Å². The Labute approximate surface area is 366 Å². The van der Waals surface area contributed by atoms with Crippen molar-refractivity contribution in [3.05, 3.63) is 48.6 Å². The van der Waals surface area contributed by atoms with Crippen LogP contribution in [0.25, 0.3) is 0 Å². The van der Waals surface area contributed by atoms with Crippen molar-refractivity contribution in [2.75, 3.05) is 13.2 Å². The van der Waals surface area contributed by atoms with Crippen LogP contribution in [0.3, 0.4) is 0 Å². The van der Waals surface area contributed by atoms with E-state index in [0.717, 1.165) is 70.6 Å².